The maximum absolute atomic E-state index is 13.4. The highest BCUT2D eigenvalue weighted by atomic mass is 19.4. The summed E-state index contributed by atoms with van der Waals surface area (Å²) in [4.78, 5) is 11.4. The number of alkyl halides is 3. The van der Waals surface area contributed by atoms with E-state index in [4.69, 9.17) is 0 Å². The van der Waals surface area contributed by atoms with Crippen molar-refractivity contribution in [1.29, 1.82) is 0 Å². The lowest BCUT2D eigenvalue weighted by Crippen LogP contribution is -2.51. The lowest BCUT2D eigenvalue weighted by molar-refractivity contribution is -0.236. The number of aryl methyl sites for hydroxylation is 2. The Labute approximate surface area is 126 Å². The maximum Gasteiger partial charge on any atom is 0.406 e. The average molecular weight is 317 g/mol. The fourth-order valence-corrected chi connectivity index (χ4v) is 3.00. The Morgan fingerprint density at radius 3 is 2.50 bits per heavy atom. The van der Waals surface area contributed by atoms with E-state index < -0.39 is 30.0 Å². The minimum absolute atomic E-state index is 0.0574. The molecule has 0 bridgehead atoms. The van der Waals surface area contributed by atoms with E-state index >= 15 is 0 Å². The molecule has 3 N–H and O–H groups in total. The van der Waals surface area contributed by atoms with Gasteiger partial charge < -0.3 is 15.5 Å². The van der Waals surface area contributed by atoms with E-state index in [1.807, 2.05) is 0 Å². The molecular weight excluding hydrogens is 299 g/mol. The van der Waals surface area contributed by atoms with Crippen molar-refractivity contribution in [1.82, 2.24) is 5.32 Å². The zero-order valence-electron chi connectivity index (χ0n) is 12.3. The summed E-state index contributed by atoms with van der Waals surface area (Å²) in [5, 5.41) is 21.7. The second-order valence-corrected chi connectivity index (χ2v) is 5.87. The smallest absolute Gasteiger partial charge is 0.406 e. The second-order valence-electron chi connectivity index (χ2n) is 5.87. The molecule has 0 unspecified atom stereocenters. The van der Waals surface area contributed by atoms with Gasteiger partial charge in [-0.25, -0.2) is 0 Å². The third kappa shape index (κ3) is 2.54. The van der Waals surface area contributed by atoms with Crippen molar-refractivity contribution in [3.05, 3.63) is 28.8 Å². The molecule has 0 aliphatic carbocycles. The van der Waals surface area contributed by atoms with Crippen LogP contribution in [-0.4, -0.2) is 35.4 Å². The molecule has 0 amide bonds. The summed E-state index contributed by atoms with van der Waals surface area (Å²) in [6.45, 7) is 2.87. The molecular formula is C15H18F3NO3. The van der Waals surface area contributed by atoms with Crippen LogP contribution < -0.4 is 5.32 Å². The van der Waals surface area contributed by atoms with Crippen LogP contribution >= 0.6 is 0 Å². The van der Waals surface area contributed by atoms with Gasteiger partial charge in [-0.2, -0.15) is 13.2 Å². The SMILES string of the molecule is Cc1cc(O)c(C[C@@H]2CNC[C@@]2(C(=O)O)C(F)(F)F)cc1C. The summed E-state index contributed by atoms with van der Waals surface area (Å²) < 4.78 is 40.1. The Morgan fingerprint density at radius 1 is 1.36 bits per heavy atom. The predicted octanol–water partition coefficient (Wildman–Crippen LogP) is 2.40. The fourth-order valence-electron chi connectivity index (χ4n) is 3.00. The van der Waals surface area contributed by atoms with Gasteiger partial charge in [0.15, 0.2) is 5.41 Å². The minimum Gasteiger partial charge on any atom is -0.508 e. The molecule has 22 heavy (non-hydrogen) atoms. The Bertz CT molecular complexity index is 600. The van der Waals surface area contributed by atoms with Crippen molar-refractivity contribution in [2.75, 3.05) is 13.1 Å². The van der Waals surface area contributed by atoms with Crippen molar-refractivity contribution in [2.45, 2.75) is 26.4 Å². The van der Waals surface area contributed by atoms with E-state index in [0.29, 0.717) is 5.56 Å². The molecule has 1 aromatic rings. The number of rotatable bonds is 3. The zero-order chi connectivity index (χ0) is 16.7. The van der Waals surface area contributed by atoms with Gasteiger partial charge in [0.2, 0.25) is 0 Å². The summed E-state index contributed by atoms with van der Waals surface area (Å²) >= 11 is 0. The summed E-state index contributed by atoms with van der Waals surface area (Å²) in [5.41, 5.74) is -0.817. The summed E-state index contributed by atoms with van der Waals surface area (Å²) in [5.74, 6) is -3.15. The summed E-state index contributed by atoms with van der Waals surface area (Å²) in [6, 6.07) is 3.11. The molecule has 0 aromatic heterocycles. The van der Waals surface area contributed by atoms with E-state index in [1.165, 1.54) is 6.07 Å². The molecule has 0 radical (unpaired) electrons. The quantitative estimate of drug-likeness (QED) is 0.801. The number of carboxylic acid groups (broad SMARTS) is 1. The maximum atomic E-state index is 13.4. The van der Waals surface area contributed by atoms with Gasteiger partial charge in [-0.1, -0.05) is 6.07 Å². The van der Waals surface area contributed by atoms with Gasteiger partial charge in [-0.05, 0) is 49.6 Å². The zero-order valence-corrected chi connectivity index (χ0v) is 12.3. The number of hydrogen-bond acceptors (Lipinski definition) is 3. The second kappa shape index (κ2) is 5.46. The first kappa shape index (κ1) is 16.6. The topological polar surface area (TPSA) is 69.6 Å². The van der Waals surface area contributed by atoms with Gasteiger partial charge in [0.1, 0.15) is 5.75 Å². The first-order chi connectivity index (χ1) is 10.1. The standard InChI is InChI=1S/C15H18F3NO3/c1-8-3-10(12(20)4-9(8)2)5-11-6-19-7-14(11,13(21)22)15(16,17)18/h3-4,11,19-20H,5-7H2,1-2H3,(H,21,22)/t11-,14-/m1/s1. The number of phenols is 1. The van der Waals surface area contributed by atoms with Crippen molar-refractivity contribution in [3.8, 4) is 5.75 Å². The van der Waals surface area contributed by atoms with Gasteiger partial charge >= 0.3 is 12.1 Å². The van der Waals surface area contributed by atoms with E-state index in [9.17, 15) is 28.2 Å². The van der Waals surface area contributed by atoms with Crippen molar-refractivity contribution in [2.24, 2.45) is 11.3 Å². The van der Waals surface area contributed by atoms with Crippen LogP contribution in [0.25, 0.3) is 0 Å². The van der Waals surface area contributed by atoms with E-state index in [0.717, 1.165) is 11.1 Å². The Kier molecular flexibility index (Phi) is 4.12. The fraction of sp³-hybridized carbons (Fsp3) is 0.533. The number of aromatic hydroxyl groups is 1. The number of aliphatic carboxylic acids is 1. The molecule has 1 aliphatic heterocycles. The van der Waals surface area contributed by atoms with Gasteiger partial charge in [0.25, 0.3) is 0 Å². The Morgan fingerprint density at radius 2 is 1.95 bits per heavy atom. The molecule has 1 fully saturated rings. The summed E-state index contributed by atoms with van der Waals surface area (Å²) in [6.07, 6.45) is -5.01. The number of halogens is 3. The highest BCUT2D eigenvalue weighted by Crippen LogP contribution is 2.48. The molecule has 2 atom stereocenters. The van der Waals surface area contributed by atoms with Crippen LogP contribution in [-0.2, 0) is 11.2 Å². The van der Waals surface area contributed by atoms with Crippen LogP contribution in [0.15, 0.2) is 12.1 Å². The van der Waals surface area contributed by atoms with Crippen LogP contribution in [0.1, 0.15) is 16.7 Å². The molecule has 0 spiro atoms. The molecule has 1 aliphatic rings. The number of hydrogen-bond donors (Lipinski definition) is 3. The Hall–Kier alpha value is -1.76. The van der Waals surface area contributed by atoms with Crippen molar-refractivity contribution >= 4 is 5.97 Å². The molecule has 122 valence electrons. The first-order valence-corrected chi connectivity index (χ1v) is 6.89. The Balaban J connectivity index is 2.40. The van der Waals surface area contributed by atoms with E-state index in [-0.39, 0.29) is 18.7 Å². The van der Waals surface area contributed by atoms with Crippen LogP contribution in [0.4, 0.5) is 13.2 Å². The van der Waals surface area contributed by atoms with Crippen LogP contribution in [0.3, 0.4) is 0 Å². The number of carbonyl (C=O) groups is 1. The average Bonchev–Trinajstić information content (AvgIpc) is 2.80. The third-order valence-corrected chi connectivity index (χ3v) is 4.54. The molecule has 1 saturated heterocycles. The van der Waals surface area contributed by atoms with Crippen molar-refractivity contribution in [3.63, 3.8) is 0 Å². The third-order valence-electron chi connectivity index (χ3n) is 4.54. The highest BCUT2D eigenvalue weighted by molar-refractivity contribution is 5.77. The number of nitrogens with one attached hydrogen (secondary N) is 1. The van der Waals surface area contributed by atoms with Gasteiger partial charge in [-0.3, -0.25) is 4.79 Å². The van der Waals surface area contributed by atoms with E-state index in [2.05, 4.69) is 5.32 Å². The predicted molar refractivity (Wildman–Crippen MR) is 73.8 cm³/mol. The van der Waals surface area contributed by atoms with Crippen LogP contribution in [0.2, 0.25) is 0 Å². The molecule has 0 saturated carbocycles. The molecule has 1 heterocycles. The lowest BCUT2D eigenvalue weighted by Gasteiger charge is -2.32. The molecule has 2 rings (SSSR count). The molecule has 1 aromatic carbocycles. The normalized spacial score (nSPS) is 25.4. The lowest BCUT2D eigenvalue weighted by atomic mass is 9.74. The highest BCUT2D eigenvalue weighted by Gasteiger charge is 2.66. The van der Waals surface area contributed by atoms with Gasteiger partial charge in [0.05, 0.1) is 0 Å². The van der Waals surface area contributed by atoms with Gasteiger partial charge in [0, 0.05) is 12.5 Å². The van der Waals surface area contributed by atoms with E-state index in [1.54, 1.807) is 19.9 Å². The first-order valence-electron chi connectivity index (χ1n) is 6.89. The number of carboxylic acids is 1. The van der Waals surface area contributed by atoms with Crippen molar-refractivity contribution < 1.29 is 28.2 Å². The monoisotopic (exact) mass is 317 g/mol. The summed E-state index contributed by atoms with van der Waals surface area (Å²) in [7, 11) is 0. The minimum atomic E-state index is -4.86. The number of benzene rings is 1. The van der Waals surface area contributed by atoms with Crippen LogP contribution in [0.5, 0.6) is 5.75 Å². The largest absolute Gasteiger partial charge is 0.508 e. The molecule has 7 heteroatoms. The number of phenolic OH excluding ortho intramolecular Hbond substituents is 1. The molecule has 4 nitrogen and oxygen atoms in total. The van der Waals surface area contributed by atoms with Gasteiger partial charge in [-0.15, -0.1) is 0 Å². The van der Waals surface area contributed by atoms with Crippen LogP contribution in [0, 0.1) is 25.2 Å².